The maximum atomic E-state index is 6.63. The van der Waals surface area contributed by atoms with Crippen LogP contribution in [0, 0.1) is 0 Å². The van der Waals surface area contributed by atoms with Gasteiger partial charge in [-0.1, -0.05) is 158 Å². The molecule has 0 atom stereocenters. The van der Waals surface area contributed by atoms with Gasteiger partial charge in [-0.05, 0) is 74.1 Å². The molecule has 0 aliphatic heterocycles. The minimum Gasteiger partial charge on any atom is -0.456 e. The number of aromatic nitrogens is 3. The summed E-state index contributed by atoms with van der Waals surface area (Å²) in [4.78, 5) is 15.8. The average Bonchev–Trinajstić information content (AvgIpc) is 3.87. The topological polar surface area (TPSA) is 51.8 Å². The van der Waals surface area contributed by atoms with E-state index < -0.39 is 0 Å². The van der Waals surface area contributed by atoms with Crippen molar-refractivity contribution in [2.45, 2.75) is 0 Å². The normalized spacial score (nSPS) is 11.8. The van der Waals surface area contributed by atoms with Crippen molar-refractivity contribution in [2.24, 2.45) is 0 Å². The van der Waals surface area contributed by atoms with E-state index in [0.717, 1.165) is 60.5 Å². The Kier molecular flexibility index (Phi) is 7.37. The number of fused-ring (bicyclic) bond motifs is 8. The Bertz CT molecular complexity index is 3590. The van der Waals surface area contributed by atoms with E-state index in [0.29, 0.717) is 17.5 Å². The fourth-order valence-electron chi connectivity index (χ4n) is 8.62. The lowest BCUT2D eigenvalue weighted by molar-refractivity contribution is 0.669. The van der Waals surface area contributed by atoms with Gasteiger partial charge < -0.3 is 4.42 Å². The highest BCUT2D eigenvalue weighted by Gasteiger charge is 2.20. The van der Waals surface area contributed by atoms with Crippen LogP contribution in [-0.2, 0) is 0 Å². The quantitative estimate of drug-likeness (QED) is 0.175. The standard InChI is InChI=1S/C53H31N3OS/c1-3-18-37-32(12-1)14-8-21-39(37)35-28-29-44-47(31-35)57-46-26-11-25-45(49(44)46)53-55-51(54-52(56-53)43-24-9-15-33-13-2-4-19-38(33)43)36-17-7-16-34(30-36)40-22-10-23-42-41-20-5-6-27-48(41)58-50(40)42/h1-31H. The van der Waals surface area contributed by atoms with Crippen molar-refractivity contribution in [3.8, 4) is 56.4 Å². The number of thiophene rings is 1. The average molecular weight is 758 g/mol. The van der Waals surface area contributed by atoms with Crippen LogP contribution in [0.15, 0.2) is 192 Å². The summed E-state index contributed by atoms with van der Waals surface area (Å²) in [6, 6.07) is 66.2. The van der Waals surface area contributed by atoms with Gasteiger partial charge in [-0.3, -0.25) is 0 Å². The Hall–Kier alpha value is -7.47. The number of hydrogen-bond acceptors (Lipinski definition) is 5. The van der Waals surface area contributed by atoms with E-state index in [-0.39, 0.29) is 0 Å². The van der Waals surface area contributed by atoms with Gasteiger partial charge in [0, 0.05) is 47.6 Å². The molecule has 270 valence electrons. The minimum atomic E-state index is 0.594. The molecule has 3 heterocycles. The van der Waals surface area contributed by atoms with Crippen molar-refractivity contribution in [2.75, 3.05) is 0 Å². The van der Waals surface area contributed by atoms with Gasteiger partial charge in [-0.15, -0.1) is 11.3 Å². The Balaban J connectivity index is 1.05. The second-order valence-electron chi connectivity index (χ2n) is 14.7. The molecule has 0 unspecified atom stereocenters. The molecular formula is C53H31N3OS. The predicted octanol–water partition coefficient (Wildman–Crippen LogP) is 14.8. The summed E-state index contributed by atoms with van der Waals surface area (Å²) in [5.74, 6) is 1.83. The maximum Gasteiger partial charge on any atom is 0.164 e. The highest BCUT2D eigenvalue weighted by molar-refractivity contribution is 7.26. The van der Waals surface area contributed by atoms with Gasteiger partial charge in [-0.25, -0.2) is 15.0 Å². The lowest BCUT2D eigenvalue weighted by Gasteiger charge is -2.12. The van der Waals surface area contributed by atoms with Crippen molar-refractivity contribution < 1.29 is 4.42 Å². The molecule has 5 heteroatoms. The highest BCUT2D eigenvalue weighted by Crippen LogP contribution is 2.42. The molecule has 4 nitrogen and oxygen atoms in total. The Labute approximate surface area is 337 Å². The summed E-state index contributed by atoms with van der Waals surface area (Å²) in [6.45, 7) is 0. The van der Waals surface area contributed by atoms with Gasteiger partial charge in [0.2, 0.25) is 0 Å². The van der Waals surface area contributed by atoms with Gasteiger partial charge in [0.1, 0.15) is 11.2 Å². The molecule has 0 saturated carbocycles. The fourth-order valence-corrected chi connectivity index (χ4v) is 9.86. The van der Waals surface area contributed by atoms with Crippen molar-refractivity contribution in [1.82, 2.24) is 15.0 Å². The summed E-state index contributed by atoms with van der Waals surface area (Å²) in [5, 5.41) is 9.20. The van der Waals surface area contributed by atoms with E-state index in [2.05, 4.69) is 176 Å². The first-order valence-electron chi connectivity index (χ1n) is 19.4. The van der Waals surface area contributed by atoms with Crippen molar-refractivity contribution in [3.63, 3.8) is 0 Å². The zero-order valence-corrected chi connectivity index (χ0v) is 31.9. The van der Waals surface area contributed by atoms with Gasteiger partial charge in [-0.2, -0.15) is 0 Å². The summed E-state index contributed by atoms with van der Waals surface area (Å²) < 4.78 is 9.19. The van der Waals surface area contributed by atoms with Crippen molar-refractivity contribution in [1.29, 1.82) is 0 Å². The van der Waals surface area contributed by atoms with Crippen molar-refractivity contribution in [3.05, 3.63) is 188 Å². The molecule has 0 fully saturated rings. The summed E-state index contributed by atoms with van der Waals surface area (Å²) in [6.07, 6.45) is 0. The zero-order valence-electron chi connectivity index (χ0n) is 31.1. The van der Waals surface area contributed by atoms with E-state index in [1.165, 1.54) is 42.1 Å². The monoisotopic (exact) mass is 757 g/mol. The van der Waals surface area contributed by atoms with Crippen LogP contribution in [0.2, 0.25) is 0 Å². The van der Waals surface area contributed by atoms with Gasteiger partial charge in [0.05, 0.1) is 0 Å². The number of nitrogens with zero attached hydrogens (tertiary/aromatic N) is 3. The molecule has 0 N–H and O–H groups in total. The minimum absolute atomic E-state index is 0.594. The molecule has 9 aromatic carbocycles. The van der Waals surface area contributed by atoms with Crippen LogP contribution >= 0.6 is 11.3 Å². The second-order valence-corrected chi connectivity index (χ2v) is 15.8. The van der Waals surface area contributed by atoms with Crippen LogP contribution in [0.3, 0.4) is 0 Å². The highest BCUT2D eigenvalue weighted by atomic mass is 32.1. The van der Waals surface area contributed by atoms with Crippen LogP contribution in [-0.4, -0.2) is 15.0 Å². The van der Waals surface area contributed by atoms with Crippen LogP contribution in [0.25, 0.3) is 120 Å². The smallest absolute Gasteiger partial charge is 0.164 e. The van der Waals surface area contributed by atoms with Crippen LogP contribution < -0.4 is 0 Å². The molecule has 58 heavy (non-hydrogen) atoms. The van der Waals surface area contributed by atoms with Gasteiger partial charge >= 0.3 is 0 Å². The number of hydrogen-bond donors (Lipinski definition) is 0. The molecule has 12 rings (SSSR count). The third kappa shape index (κ3) is 5.25. The Morgan fingerprint density at radius 1 is 0.345 bits per heavy atom. The Morgan fingerprint density at radius 3 is 1.76 bits per heavy atom. The summed E-state index contributed by atoms with van der Waals surface area (Å²) in [7, 11) is 0. The lowest BCUT2D eigenvalue weighted by atomic mass is 9.97. The van der Waals surface area contributed by atoms with E-state index >= 15 is 0 Å². The molecule has 0 amide bonds. The molecule has 0 radical (unpaired) electrons. The number of benzene rings is 9. The molecule has 12 aromatic rings. The van der Waals surface area contributed by atoms with Crippen molar-refractivity contribution >= 4 is 75.0 Å². The van der Waals surface area contributed by atoms with Crippen LogP contribution in [0.5, 0.6) is 0 Å². The van der Waals surface area contributed by atoms with E-state index in [1.54, 1.807) is 0 Å². The van der Waals surface area contributed by atoms with E-state index in [1.807, 2.05) is 23.5 Å². The Morgan fingerprint density at radius 2 is 0.914 bits per heavy atom. The van der Waals surface area contributed by atoms with Crippen LogP contribution in [0.1, 0.15) is 0 Å². The zero-order chi connectivity index (χ0) is 38.2. The molecule has 0 aliphatic rings. The predicted molar refractivity (Wildman–Crippen MR) is 242 cm³/mol. The molecule has 3 aromatic heterocycles. The van der Waals surface area contributed by atoms with Gasteiger partial charge in [0.15, 0.2) is 17.5 Å². The maximum absolute atomic E-state index is 6.63. The molecule has 0 aliphatic carbocycles. The van der Waals surface area contributed by atoms with E-state index in [9.17, 15) is 0 Å². The molecule has 0 spiro atoms. The number of furan rings is 1. The first-order chi connectivity index (χ1) is 28.7. The fraction of sp³-hybridized carbons (Fsp3) is 0. The van der Waals surface area contributed by atoms with Crippen LogP contribution in [0.4, 0.5) is 0 Å². The molecule has 0 saturated heterocycles. The summed E-state index contributed by atoms with van der Waals surface area (Å²) >= 11 is 1.84. The van der Waals surface area contributed by atoms with E-state index in [4.69, 9.17) is 19.4 Å². The largest absolute Gasteiger partial charge is 0.456 e. The first-order valence-corrected chi connectivity index (χ1v) is 20.2. The third-order valence-corrected chi connectivity index (χ3v) is 12.6. The van der Waals surface area contributed by atoms with Gasteiger partial charge in [0.25, 0.3) is 0 Å². The summed E-state index contributed by atoms with van der Waals surface area (Å²) in [5.41, 5.74) is 8.97. The molecule has 0 bridgehead atoms. The third-order valence-electron chi connectivity index (χ3n) is 11.3. The lowest BCUT2D eigenvalue weighted by Crippen LogP contribution is -2.01. The second kappa shape index (κ2) is 13.1. The first kappa shape index (κ1) is 32.7. The number of rotatable bonds is 5. The molecular weight excluding hydrogens is 727 g/mol. The SMILES string of the molecule is c1cc(-c2nc(-c3cccc4ccccc34)nc(-c3cccc4oc5cc(-c6cccc7ccccc67)ccc5c34)n2)cc(-c2cccc3c2sc2ccccc23)c1.